The van der Waals surface area contributed by atoms with Crippen molar-refractivity contribution < 1.29 is 0 Å². The van der Waals surface area contributed by atoms with E-state index in [-0.39, 0.29) is 5.41 Å². The molecule has 2 heterocycles. The Kier molecular flexibility index (Phi) is 6.27. The molecule has 1 atom stereocenters. The third-order valence-corrected chi connectivity index (χ3v) is 5.95. The van der Waals surface area contributed by atoms with E-state index in [2.05, 4.69) is 50.0 Å². The predicted molar refractivity (Wildman–Crippen MR) is 94.2 cm³/mol. The van der Waals surface area contributed by atoms with Gasteiger partial charge >= 0.3 is 0 Å². The predicted octanol–water partition coefficient (Wildman–Crippen LogP) is 4.40. The van der Waals surface area contributed by atoms with Crippen LogP contribution >= 0.6 is 11.3 Å². The van der Waals surface area contributed by atoms with Gasteiger partial charge in [0.1, 0.15) is 0 Å². The largest absolute Gasteiger partial charge is 0.312 e. The minimum atomic E-state index is 0.285. The summed E-state index contributed by atoms with van der Waals surface area (Å²) in [4.78, 5) is 5.61. The van der Waals surface area contributed by atoms with E-state index in [0.29, 0.717) is 0 Å². The number of piperidine rings is 1. The van der Waals surface area contributed by atoms with E-state index in [1.807, 2.05) is 11.3 Å². The van der Waals surface area contributed by atoms with Gasteiger partial charge in [0.2, 0.25) is 0 Å². The highest BCUT2D eigenvalue weighted by Crippen LogP contribution is 2.29. The Hall–Kier alpha value is -0.380. The van der Waals surface area contributed by atoms with Crippen LogP contribution in [-0.2, 0) is 12.0 Å². The van der Waals surface area contributed by atoms with E-state index in [9.17, 15) is 0 Å². The number of rotatable bonds is 6. The smallest absolute Gasteiger partial charge is 0.0299 e. The standard InChI is InChI=1S/C18H32N2S/c1-15-8-5-6-12-20(15)13-7-11-19-14-16-9-10-17(21-16)18(2,3)4/h9-10,15,19H,5-8,11-14H2,1-4H3. The Bertz CT molecular complexity index is 419. The first-order valence-corrected chi connectivity index (χ1v) is 9.32. The lowest BCUT2D eigenvalue weighted by Crippen LogP contribution is -2.38. The first-order valence-electron chi connectivity index (χ1n) is 8.51. The van der Waals surface area contributed by atoms with Gasteiger partial charge in [-0.1, -0.05) is 27.2 Å². The van der Waals surface area contributed by atoms with E-state index < -0.39 is 0 Å². The summed E-state index contributed by atoms with van der Waals surface area (Å²) >= 11 is 1.95. The molecule has 2 nitrogen and oxygen atoms in total. The van der Waals surface area contributed by atoms with Gasteiger partial charge in [-0.2, -0.15) is 0 Å². The number of nitrogens with one attached hydrogen (secondary N) is 1. The van der Waals surface area contributed by atoms with Crippen LogP contribution in [0, 0.1) is 0 Å². The fourth-order valence-electron chi connectivity index (χ4n) is 2.98. The molecule has 2 rings (SSSR count). The number of thiophene rings is 1. The highest BCUT2D eigenvalue weighted by atomic mass is 32.1. The molecular formula is C18H32N2S. The van der Waals surface area contributed by atoms with Crippen LogP contribution in [0.5, 0.6) is 0 Å². The fraction of sp³-hybridized carbons (Fsp3) is 0.778. The van der Waals surface area contributed by atoms with Crippen molar-refractivity contribution in [2.75, 3.05) is 19.6 Å². The maximum absolute atomic E-state index is 3.60. The SMILES string of the molecule is CC1CCCCN1CCCNCc1ccc(C(C)(C)C)s1. The Balaban J connectivity index is 1.62. The van der Waals surface area contributed by atoms with Gasteiger partial charge in [-0.3, -0.25) is 0 Å². The van der Waals surface area contributed by atoms with Crippen LogP contribution in [-0.4, -0.2) is 30.6 Å². The van der Waals surface area contributed by atoms with Crippen molar-refractivity contribution in [1.82, 2.24) is 10.2 Å². The molecule has 1 N–H and O–H groups in total. The molecule has 1 fully saturated rings. The fourth-order valence-corrected chi connectivity index (χ4v) is 4.02. The second kappa shape index (κ2) is 7.75. The van der Waals surface area contributed by atoms with E-state index in [0.717, 1.165) is 19.1 Å². The van der Waals surface area contributed by atoms with Crippen LogP contribution in [0.2, 0.25) is 0 Å². The lowest BCUT2D eigenvalue weighted by Gasteiger charge is -2.33. The number of hydrogen-bond donors (Lipinski definition) is 1. The summed E-state index contributed by atoms with van der Waals surface area (Å²) in [6, 6.07) is 5.37. The second-order valence-electron chi connectivity index (χ2n) is 7.43. The minimum absolute atomic E-state index is 0.285. The molecule has 0 saturated carbocycles. The van der Waals surface area contributed by atoms with Gasteiger partial charge in [-0.25, -0.2) is 0 Å². The number of likely N-dealkylation sites (tertiary alicyclic amines) is 1. The maximum atomic E-state index is 3.60. The molecule has 0 bridgehead atoms. The first kappa shape index (κ1) is 17.0. The Morgan fingerprint density at radius 3 is 2.76 bits per heavy atom. The van der Waals surface area contributed by atoms with Gasteiger partial charge < -0.3 is 10.2 Å². The number of hydrogen-bond acceptors (Lipinski definition) is 3. The summed E-state index contributed by atoms with van der Waals surface area (Å²) in [7, 11) is 0. The number of nitrogens with zero attached hydrogens (tertiary/aromatic N) is 1. The zero-order chi connectivity index (χ0) is 15.3. The molecule has 120 valence electrons. The molecule has 0 spiro atoms. The average molecular weight is 309 g/mol. The lowest BCUT2D eigenvalue weighted by molar-refractivity contribution is 0.159. The maximum Gasteiger partial charge on any atom is 0.0299 e. The zero-order valence-corrected chi connectivity index (χ0v) is 15.1. The Labute approximate surface area is 134 Å². The van der Waals surface area contributed by atoms with Crippen LogP contribution in [0.4, 0.5) is 0 Å². The molecule has 0 aliphatic carbocycles. The summed E-state index contributed by atoms with van der Waals surface area (Å²) in [5.41, 5.74) is 0.285. The summed E-state index contributed by atoms with van der Waals surface area (Å²) < 4.78 is 0. The van der Waals surface area contributed by atoms with Crippen LogP contribution in [0.1, 0.15) is 63.1 Å². The van der Waals surface area contributed by atoms with Gasteiger partial charge in [-0.05, 0) is 63.4 Å². The topological polar surface area (TPSA) is 15.3 Å². The van der Waals surface area contributed by atoms with Crippen molar-refractivity contribution in [3.05, 3.63) is 21.9 Å². The normalized spacial score (nSPS) is 20.9. The summed E-state index contributed by atoms with van der Waals surface area (Å²) in [6.07, 6.45) is 5.47. The quantitative estimate of drug-likeness (QED) is 0.784. The molecule has 1 saturated heterocycles. The van der Waals surface area contributed by atoms with Crippen molar-refractivity contribution in [2.24, 2.45) is 0 Å². The molecule has 1 unspecified atom stereocenters. The molecule has 1 aromatic heterocycles. The van der Waals surface area contributed by atoms with Gasteiger partial charge in [0, 0.05) is 22.3 Å². The lowest BCUT2D eigenvalue weighted by atomic mass is 9.95. The van der Waals surface area contributed by atoms with E-state index >= 15 is 0 Å². The van der Waals surface area contributed by atoms with Crippen molar-refractivity contribution in [1.29, 1.82) is 0 Å². The first-order chi connectivity index (χ1) is 9.97. The monoisotopic (exact) mass is 308 g/mol. The van der Waals surface area contributed by atoms with Gasteiger partial charge in [0.05, 0.1) is 0 Å². The summed E-state index contributed by atoms with van der Waals surface area (Å²) in [5.74, 6) is 0. The Morgan fingerprint density at radius 2 is 2.10 bits per heavy atom. The molecule has 1 aliphatic rings. The molecule has 3 heteroatoms. The molecular weight excluding hydrogens is 276 g/mol. The van der Waals surface area contributed by atoms with Crippen LogP contribution in [0.15, 0.2) is 12.1 Å². The molecule has 21 heavy (non-hydrogen) atoms. The van der Waals surface area contributed by atoms with E-state index in [4.69, 9.17) is 0 Å². The van der Waals surface area contributed by atoms with Crippen molar-refractivity contribution in [3.63, 3.8) is 0 Å². The van der Waals surface area contributed by atoms with Gasteiger partial charge in [-0.15, -0.1) is 11.3 Å². The highest BCUT2D eigenvalue weighted by Gasteiger charge is 2.17. The van der Waals surface area contributed by atoms with E-state index in [1.54, 1.807) is 0 Å². The minimum Gasteiger partial charge on any atom is -0.312 e. The third-order valence-electron chi connectivity index (χ3n) is 4.44. The molecule has 0 aromatic carbocycles. The van der Waals surface area contributed by atoms with Crippen molar-refractivity contribution in [3.8, 4) is 0 Å². The van der Waals surface area contributed by atoms with Gasteiger partial charge in [0.15, 0.2) is 0 Å². The van der Waals surface area contributed by atoms with Crippen molar-refractivity contribution >= 4 is 11.3 Å². The molecule has 0 amide bonds. The van der Waals surface area contributed by atoms with E-state index in [1.165, 1.54) is 48.5 Å². The third kappa shape index (κ3) is 5.39. The van der Waals surface area contributed by atoms with Crippen LogP contribution in [0.3, 0.4) is 0 Å². The zero-order valence-electron chi connectivity index (χ0n) is 14.2. The van der Waals surface area contributed by atoms with Crippen LogP contribution < -0.4 is 5.32 Å². The molecule has 0 radical (unpaired) electrons. The molecule has 1 aliphatic heterocycles. The van der Waals surface area contributed by atoms with Crippen LogP contribution in [0.25, 0.3) is 0 Å². The second-order valence-corrected chi connectivity index (χ2v) is 8.60. The highest BCUT2D eigenvalue weighted by molar-refractivity contribution is 7.12. The van der Waals surface area contributed by atoms with Crippen molar-refractivity contribution in [2.45, 2.75) is 71.4 Å². The summed E-state index contributed by atoms with van der Waals surface area (Å²) in [6.45, 7) is 14.0. The average Bonchev–Trinajstić information content (AvgIpc) is 2.89. The Morgan fingerprint density at radius 1 is 1.29 bits per heavy atom. The molecule has 1 aromatic rings. The van der Waals surface area contributed by atoms with Gasteiger partial charge in [0.25, 0.3) is 0 Å². The summed E-state index contributed by atoms with van der Waals surface area (Å²) in [5, 5.41) is 3.60.